The van der Waals surface area contributed by atoms with Gasteiger partial charge in [-0.1, -0.05) is 6.07 Å². The lowest BCUT2D eigenvalue weighted by Gasteiger charge is -2.08. The number of nitrogens with zero attached hydrogens (tertiary/aromatic N) is 1. The standard InChI is InChI=1S/C10H7F4N/c11-8-2-1-3-9-7(8)4-5-15(9)6-10(12,13)14/h1-5H,6H2. The van der Waals surface area contributed by atoms with Crippen molar-refractivity contribution in [2.45, 2.75) is 12.7 Å². The maximum Gasteiger partial charge on any atom is 0.406 e. The van der Waals surface area contributed by atoms with Gasteiger partial charge in [0.05, 0.1) is 5.52 Å². The van der Waals surface area contributed by atoms with E-state index in [-0.39, 0.29) is 10.9 Å². The summed E-state index contributed by atoms with van der Waals surface area (Å²) in [7, 11) is 0. The van der Waals surface area contributed by atoms with Gasteiger partial charge in [-0.2, -0.15) is 13.2 Å². The van der Waals surface area contributed by atoms with E-state index in [9.17, 15) is 17.6 Å². The fraction of sp³-hybridized carbons (Fsp3) is 0.200. The quantitative estimate of drug-likeness (QED) is 0.645. The molecule has 0 aliphatic heterocycles. The molecular weight excluding hydrogens is 210 g/mol. The molecule has 0 fully saturated rings. The first-order valence-corrected chi connectivity index (χ1v) is 4.27. The van der Waals surface area contributed by atoms with E-state index >= 15 is 0 Å². The van der Waals surface area contributed by atoms with Crippen molar-refractivity contribution in [2.75, 3.05) is 0 Å². The van der Waals surface area contributed by atoms with E-state index in [1.165, 1.54) is 30.5 Å². The normalized spacial score (nSPS) is 12.3. The van der Waals surface area contributed by atoms with Gasteiger partial charge in [0, 0.05) is 11.6 Å². The van der Waals surface area contributed by atoms with Crippen LogP contribution in [0.4, 0.5) is 17.6 Å². The van der Waals surface area contributed by atoms with Crippen LogP contribution in [-0.2, 0) is 6.54 Å². The van der Waals surface area contributed by atoms with E-state index in [0.29, 0.717) is 0 Å². The second kappa shape index (κ2) is 3.25. The smallest absolute Gasteiger partial charge is 0.338 e. The number of aromatic nitrogens is 1. The number of benzene rings is 1. The van der Waals surface area contributed by atoms with Crippen LogP contribution in [0.5, 0.6) is 0 Å². The van der Waals surface area contributed by atoms with Gasteiger partial charge >= 0.3 is 6.18 Å². The summed E-state index contributed by atoms with van der Waals surface area (Å²) in [6.45, 7) is -1.10. The highest BCUT2D eigenvalue weighted by molar-refractivity contribution is 5.80. The van der Waals surface area contributed by atoms with Crippen molar-refractivity contribution in [1.82, 2.24) is 4.57 Å². The molecule has 0 saturated carbocycles. The molecule has 0 spiro atoms. The molecular formula is C10H7F4N. The first-order chi connectivity index (χ1) is 6.97. The Labute approximate surface area is 82.9 Å². The molecule has 1 heterocycles. The Balaban J connectivity index is 2.50. The summed E-state index contributed by atoms with van der Waals surface area (Å²) < 4.78 is 50.5. The Bertz CT molecular complexity index is 484. The van der Waals surface area contributed by atoms with Gasteiger partial charge in [0.1, 0.15) is 12.4 Å². The minimum Gasteiger partial charge on any atom is -0.338 e. The first kappa shape index (κ1) is 10.0. The van der Waals surface area contributed by atoms with Crippen LogP contribution in [0.3, 0.4) is 0 Å². The predicted molar refractivity (Wildman–Crippen MR) is 48.0 cm³/mol. The summed E-state index contributed by atoms with van der Waals surface area (Å²) in [6, 6.07) is 5.42. The van der Waals surface area contributed by atoms with Crippen LogP contribution in [-0.4, -0.2) is 10.7 Å². The van der Waals surface area contributed by atoms with E-state index in [4.69, 9.17) is 0 Å². The van der Waals surface area contributed by atoms with E-state index < -0.39 is 18.5 Å². The second-order valence-electron chi connectivity index (χ2n) is 3.23. The predicted octanol–water partition coefficient (Wildman–Crippen LogP) is 3.34. The van der Waals surface area contributed by atoms with E-state index in [1.54, 1.807) is 0 Å². The molecule has 0 aliphatic carbocycles. The molecule has 2 aromatic rings. The van der Waals surface area contributed by atoms with E-state index in [0.717, 1.165) is 4.57 Å². The number of rotatable bonds is 1. The number of hydrogen-bond acceptors (Lipinski definition) is 0. The Kier molecular flexibility index (Phi) is 2.17. The van der Waals surface area contributed by atoms with Crippen molar-refractivity contribution in [3.8, 4) is 0 Å². The Morgan fingerprint density at radius 3 is 2.53 bits per heavy atom. The molecule has 0 radical (unpaired) electrons. The highest BCUT2D eigenvalue weighted by Crippen LogP contribution is 2.23. The van der Waals surface area contributed by atoms with Gasteiger partial charge in [-0.05, 0) is 18.2 Å². The van der Waals surface area contributed by atoms with Crippen molar-refractivity contribution < 1.29 is 17.6 Å². The molecule has 1 aromatic heterocycles. The molecule has 0 amide bonds. The minimum absolute atomic E-state index is 0.210. The van der Waals surface area contributed by atoms with Crippen LogP contribution in [0.2, 0.25) is 0 Å². The highest BCUT2D eigenvalue weighted by atomic mass is 19.4. The maximum atomic E-state index is 13.1. The largest absolute Gasteiger partial charge is 0.406 e. The summed E-state index contributed by atoms with van der Waals surface area (Å²) >= 11 is 0. The van der Waals surface area contributed by atoms with Crippen molar-refractivity contribution in [2.24, 2.45) is 0 Å². The highest BCUT2D eigenvalue weighted by Gasteiger charge is 2.28. The third-order valence-electron chi connectivity index (χ3n) is 2.11. The summed E-state index contributed by atoms with van der Waals surface area (Å²) in [4.78, 5) is 0. The zero-order chi connectivity index (χ0) is 11.1. The molecule has 0 N–H and O–H groups in total. The third kappa shape index (κ3) is 1.95. The van der Waals surface area contributed by atoms with Crippen LogP contribution < -0.4 is 0 Å². The molecule has 1 nitrogen and oxygen atoms in total. The van der Waals surface area contributed by atoms with Gasteiger partial charge in [-0.25, -0.2) is 4.39 Å². The zero-order valence-electron chi connectivity index (χ0n) is 7.55. The molecule has 0 unspecified atom stereocenters. The summed E-state index contributed by atoms with van der Waals surface area (Å²) in [6.07, 6.45) is -3.06. The molecule has 5 heteroatoms. The first-order valence-electron chi connectivity index (χ1n) is 4.27. The molecule has 0 saturated heterocycles. The molecule has 0 aliphatic rings. The van der Waals surface area contributed by atoms with Gasteiger partial charge < -0.3 is 4.57 Å². The van der Waals surface area contributed by atoms with E-state index in [1.807, 2.05) is 0 Å². The lowest BCUT2D eigenvalue weighted by Crippen LogP contribution is -2.16. The molecule has 0 atom stereocenters. The topological polar surface area (TPSA) is 4.93 Å². The van der Waals surface area contributed by atoms with Crippen LogP contribution in [0.1, 0.15) is 0 Å². The number of halogens is 4. The van der Waals surface area contributed by atoms with Gasteiger partial charge in [0.2, 0.25) is 0 Å². The Morgan fingerprint density at radius 1 is 1.13 bits per heavy atom. The Morgan fingerprint density at radius 2 is 1.87 bits per heavy atom. The van der Waals surface area contributed by atoms with E-state index in [2.05, 4.69) is 0 Å². The lowest BCUT2D eigenvalue weighted by atomic mass is 10.2. The average molecular weight is 217 g/mol. The van der Waals surface area contributed by atoms with Crippen molar-refractivity contribution >= 4 is 10.9 Å². The number of hydrogen-bond donors (Lipinski definition) is 0. The third-order valence-corrected chi connectivity index (χ3v) is 2.11. The summed E-state index contributed by atoms with van der Waals surface area (Å²) in [5, 5.41) is 0.210. The average Bonchev–Trinajstić information content (AvgIpc) is 2.48. The second-order valence-corrected chi connectivity index (χ2v) is 3.23. The minimum atomic E-state index is -4.29. The van der Waals surface area contributed by atoms with Gasteiger partial charge in [-0.15, -0.1) is 0 Å². The van der Waals surface area contributed by atoms with Gasteiger partial charge in [0.15, 0.2) is 0 Å². The molecule has 0 bridgehead atoms. The SMILES string of the molecule is Fc1cccc2c1ccn2CC(F)(F)F. The van der Waals surface area contributed by atoms with Crippen LogP contribution in [0.25, 0.3) is 10.9 Å². The Hall–Kier alpha value is -1.52. The molecule has 1 aromatic carbocycles. The number of alkyl halides is 3. The molecule has 15 heavy (non-hydrogen) atoms. The van der Waals surface area contributed by atoms with Crippen molar-refractivity contribution in [3.05, 3.63) is 36.3 Å². The van der Waals surface area contributed by atoms with Crippen LogP contribution in [0.15, 0.2) is 30.5 Å². The molecule has 2 rings (SSSR count). The number of fused-ring (bicyclic) bond motifs is 1. The van der Waals surface area contributed by atoms with Gasteiger partial charge in [-0.3, -0.25) is 0 Å². The molecule has 80 valence electrons. The summed E-state index contributed by atoms with van der Waals surface area (Å²) in [5.74, 6) is -0.506. The maximum absolute atomic E-state index is 13.1. The fourth-order valence-electron chi connectivity index (χ4n) is 1.52. The van der Waals surface area contributed by atoms with Crippen LogP contribution >= 0.6 is 0 Å². The van der Waals surface area contributed by atoms with Crippen molar-refractivity contribution in [3.63, 3.8) is 0 Å². The fourth-order valence-corrected chi connectivity index (χ4v) is 1.52. The lowest BCUT2D eigenvalue weighted by molar-refractivity contribution is -0.139. The monoisotopic (exact) mass is 217 g/mol. The van der Waals surface area contributed by atoms with Gasteiger partial charge in [0.25, 0.3) is 0 Å². The summed E-state index contributed by atoms with van der Waals surface area (Å²) in [5.41, 5.74) is 0.257. The zero-order valence-corrected chi connectivity index (χ0v) is 7.55. The van der Waals surface area contributed by atoms with Crippen LogP contribution in [0, 0.1) is 5.82 Å². The van der Waals surface area contributed by atoms with Crippen molar-refractivity contribution in [1.29, 1.82) is 0 Å².